The van der Waals surface area contributed by atoms with Crippen LogP contribution in [0.15, 0.2) is 60.9 Å². The molecule has 1 aliphatic carbocycles. The summed E-state index contributed by atoms with van der Waals surface area (Å²) in [6.45, 7) is 1.26. The molecule has 0 atom stereocenters. The number of benzene rings is 2. The van der Waals surface area contributed by atoms with Gasteiger partial charge in [-0.3, -0.25) is 4.79 Å². The van der Waals surface area contributed by atoms with Crippen LogP contribution in [0.2, 0.25) is 0 Å². The van der Waals surface area contributed by atoms with Crippen molar-refractivity contribution in [2.45, 2.75) is 24.7 Å². The molecule has 26 heavy (non-hydrogen) atoms. The molecule has 5 heteroatoms. The van der Waals surface area contributed by atoms with Crippen LogP contribution in [0.3, 0.4) is 0 Å². The molecule has 0 unspecified atom stereocenters. The number of nitrogens with one attached hydrogen (secondary N) is 2. The maximum atomic E-state index is 12.2. The summed E-state index contributed by atoms with van der Waals surface area (Å²) in [5.74, 6) is 0.837. The Morgan fingerprint density at radius 1 is 1.00 bits per heavy atom. The van der Waals surface area contributed by atoms with Crippen LogP contribution >= 0.6 is 0 Å². The van der Waals surface area contributed by atoms with Gasteiger partial charge in [-0.2, -0.15) is 0 Å². The third-order valence-corrected chi connectivity index (χ3v) is 5.05. The van der Waals surface area contributed by atoms with Crippen molar-refractivity contribution in [3.8, 4) is 0 Å². The lowest BCUT2D eigenvalue weighted by Gasteiger charge is -2.16. The van der Waals surface area contributed by atoms with Gasteiger partial charge in [0.05, 0.1) is 5.52 Å². The second-order valence-electron chi connectivity index (χ2n) is 6.84. The van der Waals surface area contributed by atoms with Crippen molar-refractivity contribution in [1.82, 2.24) is 15.3 Å². The molecule has 1 aliphatic rings. The van der Waals surface area contributed by atoms with Crippen molar-refractivity contribution in [2.75, 3.05) is 18.4 Å². The zero-order valence-corrected chi connectivity index (χ0v) is 14.6. The number of carbonyl (C=O) groups excluding carboxylic acids is 1. The van der Waals surface area contributed by atoms with Crippen LogP contribution in [0.5, 0.6) is 0 Å². The third-order valence-electron chi connectivity index (χ3n) is 5.05. The molecule has 5 nitrogen and oxygen atoms in total. The number of nitrogens with zero attached hydrogens (tertiary/aromatic N) is 2. The minimum atomic E-state index is 0.0677. The van der Waals surface area contributed by atoms with E-state index in [1.807, 2.05) is 30.3 Å². The zero-order chi connectivity index (χ0) is 17.8. The quantitative estimate of drug-likeness (QED) is 0.689. The Balaban J connectivity index is 1.28. The minimum Gasteiger partial charge on any atom is -0.369 e. The van der Waals surface area contributed by atoms with Crippen molar-refractivity contribution in [3.05, 3.63) is 66.5 Å². The summed E-state index contributed by atoms with van der Waals surface area (Å²) in [5.41, 5.74) is 2.37. The molecule has 2 aromatic carbocycles. The van der Waals surface area contributed by atoms with Crippen molar-refractivity contribution in [1.29, 1.82) is 0 Å². The Morgan fingerprint density at radius 3 is 2.58 bits per heavy atom. The minimum absolute atomic E-state index is 0.0677. The van der Waals surface area contributed by atoms with E-state index in [0.29, 0.717) is 19.5 Å². The average Bonchev–Trinajstić information content (AvgIpc) is 3.49. The summed E-state index contributed by atoms with van der Waals surface area (Å²) in [6, 6.07) is 18.3. The van der Waals surface area contributed by atoms with E-state index in [9.17, 15) is 4.79 Å². The highest BCUT2D eigenvalue weighted by Gasteiger charge is 2.44. The van der Waals surface area contributed by atoms with Gasteiger partial charge in [0.2, 0.25) is 5.91 Å². The fraction of sp³-hybridized carbons (Fsp3) is 0.286. The van der Waals surface area contributed by atoms with Crippen molar-refractivity contribution >= 4 is 22.6 Å². The largest absolute Gasteiger partial charge is 0.369 e. The third kappa shape index (κ3) is 3.52. The van der Waals surface area contributed by atoms with E-state index in [2.05, 4.69) is 44.9 Å². The smallest absolute Gasteiger partial charge is 0.221 e. The van der Waals surface area contributed by atoms with Gasteiger partial charge >= 0.3 is 0 Å². The number of para-hydroxylation sites is 1. The van der Waals surface area contributed by atoms with Gasteiger partial charge in [-0.1, -0.05) is 42.5 Å². The van der Waals surface area contributed by atoms with Crippen molar-refractivity contribution in [2.24, 2.45) is 0 Å². The van der Waals surface area contributed by atoms with Gasteiger partial charge in [0.25, 0.3) is 0 Å². The van der Waals surface area contributed by atoms with Crippen molar-refractivity contribution in [3.63, 3.8) is 0 Å². The summed E-state index contributed by atoms with van der Waals surface area (Å²) in [4.78, 5) is 20.8. The molecular weight excluding hydrogens is 324 g/mol. The van der Waals surface area contributed by atoms with Crippen LogP contribution in [0, 0.1) is 0 Å². The van der Waals surface area contributed by atoms with E-state index in [1.54, 1.807) is 6.33 Å². The fourth-order valence-electron chi connectivity index (χ4n) is 3.31. The van der Waals surface area contributed by atoms with Crippen LogP contribution in [0.25, 0.3) is 10.9 Å². The first-order valence-electron chi connectivity index (χ1n) is 9.03. The highest BCUT2D eigenvalue weighted by molar-refractivity contribution is 5.88. The summed E-state index contributed by atoms with van der Waals surface area (Å²) in [7, 11) is 0. The number of anilines is 1. The first-order valence-corrected chi connectivity index (χ1v) is 9.03. The summed E-state index contributed by atoms with van der Waals surface area (Å²) in [6.07, 6.45) is 4.25. The maximum Gasteiger partial charge on any atom is 0.221 e. The fourth-order valence-corrected chi connectivity index (χ4v) is 3.31. The number of hydrogen-bond acceptors (Lipinski definition) is 4. The molecule has 1 saturated carbocycles. The second kappa shape index (κ2) is 7.12. The van der Waals surface area contributed by atoms with E-state index in [1.165, 1.54) is 5.56 Å². The second-order valence-corrected chi connectivity index (χ2v) is 6.84. The Morgan fingerprint density at radius 2 is 1.77 bits per heavy atom. The summed E-state index contributed by atoms with van der Waals surface area (Å²) in [5, 5.41) is 7.32. The molecule has 0 aliphatic heterocycles. The van der Waals surface area contributed by atoms with Gasteiger partial charge < -0.3 is 10.6 Å². The molecule has 1 aromatic heterocycles. The van der Waals surface area contributed by atoms with E-state index in [4.69, 9.17) is 0 Å². The van der Waals surface area contributed by atoms with Gasteiger partial charge in [-0.25, -0.2) is 9.97 Å². The van der Waals surface area contributed by atoms with Crippen molar-refractivity contribution < 1.29 is 4.79 Å². The van der Waals surface area contributed by atoms with E-state index >= 15 is 0 Å². The molecule has 0 saturated heterocycles. The molecule has 2 N–H and O–H groups in total. The Labute approximate surface area is 152 Å². The standard InChI is InChI=1S/C21H22N4O/c26-19(23-14-21(11-12-21)16-6-2-1-3-7-16)10-13-22-20-17-8-4-5-9-18(17)24-15-25-20/h1-9,15H,10-14H2,(H,23,26)(H,22,24,25). The highest BCUT2D eigenvalue weighted by Crippen LogP contribution is 2.47. The van der Waals surface area contributed by atoms with Gasteiger partial charge in [0, 0.05) is 30.3 Å². The number of rotatable bonds is 7. The molecule has 1 heterocycles. The molecule has 4 rings (SSSR count). The molecule has 3 aromatic rings. The zero-order valence-electron chi connectivity index (χ0n) is 14.6. The molecular formula is C21H22N4O. The summed E-state index contributed by atoms with van der Waals surface area (Å²) < 4.78 is 0. The van der Waals surface area contributed by atoms with Gasteiger partial charge in [0.1, 0.15) is 12.1 Å². The number of carbonyl (C=O) groups is 1. The lowest BCUT2D eigenvalue weighted by atomic mass is 9.96. The lowest BCUT2D eigenvalue weighted by molar-refractivity contribution is -0.120. The predicted octanol–water partition coefficient (Wildman–Crippen LogP) is 3.28. The van der Waals surface area contributed by atoms with Gasteiger partial charge in [-0.15, -0.1) is 0 Å². The maximum absolute atomic E-state index is 12.2. The lowest BCUT2D eigenvalue weighted by Crippen LogP contribution is -2.33. The highest BCUT2D eigenvalue weighted by atomic mass is 16.1. The van der Waals surface area contributed by atoms with Crippen LogP contribution in [-0.4, -0.2) is 29.0 Å². The molecule has 1 fully saturated rings. The Hall–Kier alpha value is -2.95. The van der Waals surface area contributed by atoms with Crippen LogP contribution in [-0.2, 0) is 10.2 Å². The molecule has 0 radical (unpaired) electrons. The van der Waals surface area contributed by atoms with E-state index in [-0.39, 0.29) is 11.3 Å². The van der Waals surface area contributed by atoms with Crippen LogP contribution in [0.4, 0.5) is 5.82 Å². The first kappa shape index (κ1) is 16.5. The molecule has 1 amide bonds. The predicted molar refractivity (Wildman–Crippen MR) is 103 cm³/mol. The number of amides is 1. The SMILES string of the molecule is O=C(CCNc1ncnc2ccccc12)NCC1(c2ccccc2)CC1. The van der Waals surface area contributed by atoms with Crippen LogP contribution in [0.1, 0.15) is 24.8 Å². The monoisotopic (exact) mass is 346 g/mol. The Kier molecular flexibility index (Phi) is 4.52. The summed E-state index contributed by atoms with van der Waals surface area (Å²) >= 11 is 0. The molecule has 0 bridgehead atoms. The van der Waals surface area contributed by atoms with Crippen LogP contribution < -0.4 is 10.6 Å². The average molecular weight is 346 g/mol. The number of aromatic nitrogens is 2. The Bertz CT molecular complexity index is 901. The number of fused-ring (bicyclic) bond motifs is 1. The normalized spacial score (nSPS) is 14.8. The molecule has 132 valence electrons. The topological polar surface area (TPSA) is 66.9 Å². The number of hydrogen-bond donors (Lipinski definition) is 2. The first-order chi connectivity index (χ1) is 12.8. The molecule has 0 spiro atoms. The van der Waals surface area contributed by atoms with E-state index < -0.39 is 0 Å². The van der Waals surface area contributed by atoms with E-state index in [0.717, 1.165) is 29.6 Å². The van der Waals surface area contributed by atoms with Gasteiger partial charge in [0.15, 0.2) is 0 Å². The van der Waals surface area contributed by atoms with Gasteiger partial charge in [-0.05, 0) is 30.5 Å².